The second kappa shape index (κ2) is 8.72. The molecule has 1 aliphatic carbocycles. The quantitative estimate of drug-likeness (QED) is 0.673. The van der Waals surface area contributed by atoms with E-state index >= 15 is 0 Å². The Morgan fingerprint density at radius 1 is 1.33 bits per heavy atom. The Bertz CT molecular complexity index is 744. The third kappa shape index (κ3) is 5.10. The minimum Gasteiger partial charge on any atom is -0.438 e. The first kappa shape index (κ1) is 20.3. The van der Waals surface area contributed by atoms with Crippen molar-refractivity contribution in [3.8, 4) is 0 Å². The van der Waals surface area contributed by atoms with Crippen LogP contribution in [0.15, 0.2) is 21.6 Å². The third-order valence-electron chi connectivity index (χ3n) is 5.05. The maximum atomic E-state index is 12.8. The fourth-order valence-electron chi connectivity index (χ4n) is 3.40. The summed E-state index contributed by atoms with van der Waals surface area (Å²) in [6, 6.07) is 3.08. The van der Waals surface area contributed by atoms with E-state index in [2.05, 4.69) is 16.5 Å². The van der Waals surface area contributed by atoms with Gasteiger partial charge in [0.05, 0.1) is 6.61 Å². The van der Waals surface area contributed by atoms with E-state index in [1.807, 2.05) is 0 Å². The number of methoxy groups -OCH3 is 1. The number of piperazine rings is 1. The summed E-state index contributed by atoms with van der Waals surface area (Å²) in [5.41, 5.74) is 0. The Labute approximate surface area is 160 Å². The van der Waals surface area contributed by atoms with Gasteiger partial charge in [0, 0.05) is 45.4 Å². The topological polar surface area (TPSA) is 92.1 Å². The molecule has 1 saturated carbocycles. The van der Waals surface area contributed by atoms with Crippen molar-refractivity contribution >= 4 is 15.9 Å². The van der Waals surface area contributed by atoms with E-state index in [0.29, 0.717) is 19.7 Å². The minimum atomic E-state index is -3.69. The van der Waals surface area contributed by atoms with Crippen LogP contribution in [0.25, 0.3) is 0 Å². The van der Waals surface area contributed by atoms with Crippen LogP contribution in [-0.4, -0.2) is 76.1 Å². The van der Waals surface area contributed by atoms with Gasteiger partial charge in [-0.05, 0) is 31.4 Å². The maximum Gasteiger partial charge on any atom is 0.289 e. The van der Waals surface area contributed by atoms with Crippen molar-refractivity contribution in [3.05, 3.63) is 17.9 Å². The summed E-state index contributed by atoms with van der Waals surface area (Å²) in [6.45, 7) is 5.62. The van der Waals surface area contributed by atoms with Gasteiger partial charge in [-0.15, -0.1) is 0 Å². The summed E-state index contributed by atoms with van der Waals surface area (Å²) in [5, 5.41) is -0.193. The van der Waals surface area contributed by atoms with Crippen LogP contribution in [0, 0.1) is 0 Å². The van der Waals surface area contributed by atoms with E-state index in [0.717, 1.165) is 38.8 Å². The first-order valence-corrected chi connectivity index (χ1v) is 11.1. The summed E-state index contributed by atoms with van der Waals surface area (Å²) in [6.07, 6.45) is 3.72. The molecule has 8 nitrogen and oxygen atoms in total. The zero-order valence-electron chi connectivity index (χ0n) is 16.0. The molecule has 152 valence electrons. The summed E-state index contributed by atoms with van der Waals surface area (Å²) in [4.78, 5) is 16.9. The van der Waals surface area contributed by atoms with Crippen LogP contribution in [0.3, 0.4) is 0 Å². The molecular weight excluding hydrogens is 370 g/mol. The van der Waals surface area contributed by atoms with E-state index in [1.54, 1.807) is 12.0 Å². The smallest absolute Gasteiger partial charge is 0.289 e. The van der Waals surface area contributed by atoms with E-state index in [-0.39, 0.29) is 28.8 Å². The molecule has 1 atom stereocenters. The molecule has 1 saturated heterocycles. The molecule has 0 radical (unpaired) electrons. The number of hydrogen-bond acceptors (Lipinski definition) is 6. The van der Waals surface area contributed by atoms with Crippen molar-refractivity contribution in [3.63, 3.8) is 0 Å². The van der Waals surface area contributed by atoms with E-state index < -0.39 is 10.0 Å². The lowest BCUT2D eigenvalue weighted by molar-refractivity contribution is 0.0347. The van der Waals surface area contributed by atoms with Crippen molar-refractivity contribution in [2.45, 2.75) is 49.8 Å². The largest absolute Gasteiger partial charge is 0.438 e. The van der Waals surface area contributed by atoms with Gasteiger partial charge < -0.3 is 14.1 Å². The lowest BCUT2D eigenvalue weighted by atomic mass is 10.1. The van der Waals surface area contributed by atoms with Gasteiger partial charge in [0.25, 0.3) is 15.9 Å². The zero-order valence-corrected chi connectivity index (χ0v) is 16.8. The van der Waals surface area contributed by atoms with Crippen molar-refractivity contribution in [1.82, 2.24) is 14.5 Å². The van der Waals surface area contributed by atoms with Crippen LogP contribution >= 0.6 is 0 Å². The standard InChI is InChI=1S/C18H29N3O5S/c1-3-4-15-13-21(10-9-20(15)11-12-25-2)18(22)16-7-8-17(26-16)27(23,24)19-14-5-6-14/h7-8,14-15,19H,3-6,9-13H2,1-2H3/t15-/m0/s1. The highest BCUT2D eigenvalue weighted by Crippen LogP contribution is 2.24. The van der Waals surface area contributed by atoms with Crippen LogP contribution in [0.4, 0.5) is 0 Å². The average Bonchev–Trinajstić information content (AvgIpc) is 3.29. The van der Waals surface area contributed by atoms with Crippen LogP contribution in [0.5, 0.6) is 0 Å². The van der Waals surface area contributed by atoms with E-state index in [1.165, 1.54) is 12.1 Å². The van der Waals surface area contributed by atoms with Gasteiger partial charge in [0.2, 0.25) is 5.09 Å². The van der Waals surface area contributed by atoms with Gasteiger partial charge in [0.1, 0.15) is 0 Å². The normalized spacial score (nSPS) is 21.6. The highest BCUT2D eigenvalue weighted by molar-refractivity contribution is 7.89. The van der Waals surface area contributed by atoms with Gasteiger partial charge in [-0.2, -0.15) is 0 Å². The number of hydrogen-bond donors (Lipinski definition) is 1. The number of sulfonamides is 1. The molecule has 1 aromatic heterocycles. The molecule has 2 fully saturated rings. The molecule has 0 aromatic carbocycles. The number of ether oxygens (including phenoxy) is 1. The third-order valence-corrected chi connectivity index (χ3v) is 6.45. The fraction of sp³-hybridized carbons (Fsp3) is 0.722. The summed E-state index contributed by atoms with van der Waals surface area (Å²) >= 11 is 0. The Morgan fingerprint density at radius 3 is 2.78 bits per heavy atom. The van der Waals surface area contributed by atoms with Gasteiger partial charge in [-0.25, -0.2) is 13.1 Å². The molecule has 1 aliphatic heterocycles. The molecule has 2 heterocycles. The molecule has 3 rings (SSSR count). The number of rotatable bonds is 9. The lowest BCUT2D eigenvalue weighted by Crippen LogP contribution is -2.55. The molecule has 1 amide bonds. The minimum absolute atomic E-state index is 0.00534. The number of carbonyl (C=O) groups is 1. The number of nitrogens with one attached hydrogen (secondary N) is 1. The summed E-state index contributed by atoms with van der Waals surface area (Å²) < 4.78 is 37.6. The highest BCUT2D eigenvalue weighted by atomic mass is 32.2. The van der Waals surface area contributed by atoms with E-state index in [4.69, 9.17) is 9.15 Å². The Kier molecular flexibility index (Phi) is 6.56. The molecule has 2 aliphatic rings. The zero-order chi connectivity index (χ0) is 19.4. The molecule has 27 heavy (non-hydrogen) atoms. The highest BCUT2D eigenvalue weighted by Gasteiger charge is 2.33. The molecule has 0 bridgehead atoms. The van der Waals surface area contributed by atoms with Crippen molar-refractivity contribution in [1.29, 1.82) is 0 Å². The predicted octanol–water partition coefficient (Wildman–Crippen LogP) is 1.29. The number of furan rings is 1. The monoisotopic (exact) mass is 399 g/mol. The van der Waals surface area contributed by atoms with Crippen molar-refractivity contribution in [2.75, 3.05) is 39.9 Å². The Morgan fingerprint density at radius 2 is 2.11 bits per heavy atom. The number of nitrogens with zero attached hydrogens (tertiary/aromatic N) is 2. The van der Waals surface area contributed by atoms with Crippen LogP contribution in [0.2, 0.25) is 0 Å². The first-order valence-electron chi connectivity index (χ1n) is 9.59. The van der Waals surface area contributed by atoms with Crippen LogP contribution in [0.1, 0.15) is 43.2 Å². The summed E-state index contributed by atoms with van der Waals surface area (Å²) in [7, 11) is -2.00. The fourth-order valence-corrected chi connectivity index (χ4v) is 4.64. The van der Waals surface area contributed by atoms with Crippen molar-refractivity contribution < 1.29 is 22.4 Å². The SMILES string of the molecule is CCC[C@H]1CN(C(=O)c2ccc(S(=O)(=O)NC3CC3)o2)CCN1CCOC. The Balaban J connectivity index is 1.65. The van der Waals surface area contributed by atoms with Gasteiger partial charge in [-0.1, -0.05) is 13.3 Å². The van der Waals surface area contributed by atoms with E-state index in [9.17, 15) is 13.2 Å². The summed E-state index contributed by atoms with van der Waals surface area (Å²) in [5.74, 6) is -0.179. The van der Waals surface area contributed by atoms with Crippen LogP contribution in [-0.2, 0) is 14.8 Å². The Hall–Kier alpha value is -1.42. The molecule has 9 heteroatoms. The molecule has 0 unspecified atom stereocenters. The second-order valence-electron chi connectivity index (χ2n) is 7.24. The number of carbonyl (C=O) groups excluding carboxylic acids is 1. The van der Waals surface area contributed by atoms with Crippen molar-refractivity contribution in [2.24, 2.45) is 0 Å². The lowest BCUT2D eigenvalue weighted by Gasteiger charge is -2.41. The molecule has 0 spiro atoms. The maximum absolute atomic E-state index is 12.8. The molecule has 1 N–H and O–H groups in total. The predicted molar refractivity (Wildman–Crippen MR) is 100 cm³/mol. The van der Waals surface area contributed by atoms with Gasteiger partial charge >= 0.3 is 0 Å². The van der Waals surface area contributed by atoms with Crippen LogP contribution < -0.4 is 4.72 Å². The van der Waals surface area contributed by atoms with Gasteiger partial charge in [0.15, 0.2) is 5.76 Å². The second-order valence-corrected chi connectivity index (χ2v) is 8.88. The number of amides is 1. The van der Waals surface area contributed by atoms with Gasteiger partial charge in [-0.3, -0.25) is 9.69 Å². The first-order chi connectivity index (χ1) is 12.9. The molecule has 1 aromatic rings. The molecular formula is C18H29N3O5S. The average molecular weight is 400 g/mol.